The van der Waals surface area contributed by atoms with Crippen LogP contribution in [0.3, 0.4) is 0 Å². The lowest BCUT2D eigenvalue weighted by Crippen LogP contribution is -2.15. The fourth-order valence-corrected chi connectivity index (χ4v) is 6.01. The van der Waals surface area contributed by atoms with Crippen LogP contribution in [0.2, 0.25) is 0 Å². The molecule has 1 saturated carbocycles. The van der Waals surface area contributed by atoms with Gasteiger partial charge in [-0.05, 0) is 63.4 Å². The molecule has 1 atom stereocenters. The first kappa shape index (κ1) is 20.9. The molecular weight excluding hydrogens is 428 g/mol. The standard InChI is InChI=1S/C23H26N4O4S/c1-3-31-18-8-6-16(7-9-18)24-23(28)19-12-20(15-4-5-15)25-22-21(19)14(2)26-27(22)17-10-11-32(29,30)13-17/h6-9,12,15,17H,3-5,10-11,13H2,1-2H3,(H,24,28)/t17-/m1/s1. The molecule has 2 fully saturated rings. The van der Waals surface area contributed by atoms with Gasteiger partial charge in [-0.3, -0.25) is 4.79 Å². The van der Waals surface area contributed by atoms with Gasteiger partial charge in [-0.25, -0.2) is 18.1 Å². The van der Waals surface area contributed by atoms with Crippen LogP contribution >= 0.6 is 0 Å². The van der Waals surface area contributed by atoms with Crippen LogP contribution in [0.25, 0.3) is 11.0 Å². The van der Waals surface area contributed by atoms with Gasteiger partial charge in [0.15, 0.2) is 15.5 Å². The van der Waals surface area contributed by atoms with Gasteiger partial charge in [0.1, 0.15) is 5.75 Å². The van der Waals surface area contributed by atoms with Crippen LogP contribution in [-0.2, 0) is 9.84 Å². The lowest BCUT2D eigenvalue weighted by molar-refractivity contribution is 0.102. The number of amides is 1. The molecule has 0 radical (unpaired) electrons. The Morgan fingerprint density at radius 3 is 2.59 bits per heavy atom. The molecule has 0 spiro atoms. The number of fused-ring (bicyclic) bond motifs is 1. The van der Waals surface area contributed by atoms with Crippen molar-refractivity contribution in [2.45, 2.75) is 45.1 Å². The molecule has 1 amide bonds. The molecule has 1 saturated heterocycles. The molecule has 2 aromatic heterocycles. The summed E-state index contributed by atoms with van der Waals surface area (Å²) < 4.78 is 31.3. The zero-order chi connectivity index (χ0) is 22.5. The molecule has 8 nitrogen and oxygen atoms in total. The van der Waals surface area contributed by atoms with Crippen LogP contribution in [0, 0.1) is 6.92 Å². The Morgan fingerprint density at radius 2 is 1.97 bits per heavy atom. The number of carbonyl (C=O) groups excluding carboxylic acids is 1. The number of pyridine rings is 1. The summed E-state index contributed by atoms with van der Waals surface area (Å²) in [6.45, 7) is 4.34. The summed E-state index contributed by atoms with van der Waals surface area (Å²) in [5.74, 6) is 1.08. The third-order valence-electron chi connectivity index (χ3n) is 6.07. The molecule has 3 heterocycles. The number of nitrogens with one attached hydrogen (secondary N) is 1. The summed E-state index contributed by atoms with van der Waals surface area (Å²) in [6, 6.07) is 8.88. The van der Waals surface area contributed by atoms with E-state index < -0.39 is 9.84 Å². The van der Waals surface area contributed by atoms with E-state index in [9.17, 15) is 13.2 Å². The quantitative estimate of drug-likeness (QED) is 0.610. The number of nitrogens with zero attached hydrogens (tertiary/aromatic N) is 3. The van der Waals surface area contributed by atoms with Gasteiger partial charge in [0.25, 0.3) is 5.91 Å². The number of carbonyl (C=O) groups is 1. The van der Waals surface area contributed by atoms with Gasteiger partial charge in [-0.2, -0.15) is 5.10 Å². The third kappa shape index (κ3) is 3.97. The predicted molar refractivity (Wildman–Crippen MR) is 122 cm³/mol. The Kier molecular flexibility index (Phi) is 5.16. The Morgan fingerprint density at radius 1 is 1.22 bits per heavy atom. The van der Waals surface area contributed by atoms with E-state index in [1.165, 1.54) is 0 Å². The summed E-state index contributed by atoms with van der Waals surface area (Å²) in [6.07, 6.45) is 2.61. The van der Waals surface area contributed by atoms with Crippen molar-refractivity contribution in [2.75, 3.05) is 23.4 Å². The second-order valence-electron chi connectivity index (χ2n) is 8.57. The maximum absolute atomic E-state index is 13.3. The van der Waals surface area contributed by atoms with Crippen molar-refractivity contribution in [2.24, 2.45) is 0 Å². The Labute approximate surface area is 186 Å². The van der Waals surface area contributed by atoms with Gasteiger partial charge in [0, 0.05) is 17.3 Å². The van der Waals surface area contributed by atoms with E-state index in [2.05, 4.69) is 10.4 Å². The van der Waals surface area contributed by atoms with E-state index in [0.29, 0.717) is 46.9 Å². The van der Waals surface area contributed by atoms with Gasteiger partial charge in [0.2, 0.25) is 0 Å². The first-order chi connectivity index (χ1) is 15.3. The van der Waals surface area contributed by atoms with Crippen molar-refractivity contribution < 1.29 is 17.9 Å². The summed E-state index contributed by atoms with van der Waals surface area (Å²) in [7, 11) is -3.07. The number of anilines is 1. The molecule has 32 heavy (non-hydrogen) atoms. The zero-order valence-corrected chi connectivity index (χ0v) is 19.0. The maximum atomic E-state index is 13.3. The van der Waals surface area contributed by atoms with E-state index >= 15 is 0 Å². The first-order valence-electron chi connectivity index (χ1n) is 11.0. The van der Waals surface area contributed by atoms with Crippen LogP contribution in [0.1, 0.15) is 59.9 Å². The smallest absolute Gasteiger partial charge is 0.256 e. The number of hydrogen-bond acceptors (Lipinski definition) is 6. The van der Waals surface area contributed by atoms with Crippen LogP contribution in [0.5, 0.6) is 5.75 Å². The van der Waals surface area contributed by atoms with Crippen LogP contribution in [-0.4, -0.2) is 47.2 Å². The molecule has 1 aliphatic heterocycles. The zero-order valence-electron chi connectivity index (χ0n) is 18.2. The van der Waals surface area contributed by atoms with Crippen LogP contribution < -0.4 is 10.1 Å². The minimum Gasteiger partial charge on any atom is -0.494 e. The van der Waals surface area contributed by atoms with Crippen molar-refractivity contribution in [3.05, 3.63) is 47.3 Å². The monoisotopic (exact) mass is 454 g/mol. The van der Waals surface area contributed by atoms with E-state index in [1.54, 1.807) is 4.68 Å². The van der Waals surface area contributed by atoms with E-state index in [1.807, 2.05) is 44.2 Å². The van der Waals surface area contributed by atoms with E-state index in [4.69, 9.17) is 9.72 Å². The average Bonchev–Trinajstić information content (AvgIpc) is 3.48. The van der Waals surface area contributed by atoms with Crippen molar-refractivity contribution in [3.8, 4) is 5.75 Å². The molecule has 0 unspecified atom stereocenters. The third-order valence-corrected chi connectivity index (χ3v) is 7.82. The van der Waals surface area contributed by atoms with Crippen molar-refractivity contribution in [3.63, 3.8) is 0 Å². The topological polar surface area (TPSA) is 103 Å². The second kappa shape index (κ2) is 7.88. The van der Waals surface area contributed by atoms with Crippen molar-refractivity contribution in [1.29, 1.82) is 0 Å². The number of ether oxygens (including phenoxy) is 1. The van der Waals surface area contributed by atoms with Crippen molar-refractivity contribution >= 4 is 32.5 Å². The fourth-order valence-electron chi connectivity index (χ4n) is 4.32. The number of sulfone groups is 1. The summed E-state index contributed by atoms with van der Waals surface area (Å²) in [4.78, 5) is 18.2. The molecule has 1 N–H and O–H groups in total. The van der Waals surface area contributed by atoms with Gasteiger partial charge >= 0.3 is 0 Å². The Bertz CT molecular complexity index is 1290. The highest BCUT2D eigenvalue weighted by Crippen LogP contribution is 2.41. The summed E-state index contributed by atoms with van der Waals surface area (Å²) >= 11 is 0. The molecule has 168 valence electrons. The molecule has 1 aliphatic carbocycles. The summed E-state index contributed by atoms with van der Waals surface area (Å²) in [5.41, 5.74) is 3.34. The van der Waals surface area contributed by atoms with Crippen molar-refractivity contribution in [1.82, 2.24) is 14.8 Å². The molecular formula is C23H26N4O4S. The average molecular weight is 455 g/mol. The molecule has 3 aromatic rings. The number of rotatable bonds is 6. The van der Waals surface area contributed by atoms with Gasteiger partial charge in [-0.15, -0.1) is 0 Å². The Balaban J connectivity index is 1.54. The highest BCUT2D eigenvalue weighted by atomic mass is 32.2. The molecule has 0 bridgehead atoms. The highest BCUT2D eigenvalue weighted by Gasteiger charge is 2.34. The van der Waals surface area contributed by atoms with E-state index in [-0.39, 0.29) is 23.5 Å². The van der Waals surface area contributed by atoms with Gasteiger partial charge in [-0.1, -0.05) is 0 Å². The Hall–Kier alpha value is -2.94. The minimum atomic E-state index is -3.07. The maximum Gasteiger partial charge on any atom is 0.256 e. The molecule has 5 rings (SSSR count). The molecule has 2 aliphatic rings. The number of aryl methyl sites for hydroxylation is 1. The molecule has 9 heteroatoms. The van der Waals surface area contributed by atoms with Crippen LogP contribution in [0.15, 0.2) is 30.3 Å². The second-order valence-corrected chi connectivity index (χ2v) is 10.8. The lowest BCUT2D eigenvalue weighted by Gasteiger charge is -2.12. The van der Waals surface area contributed by atoms with Gasteiger partial charge < -0.3 is 10.1 Å². The summed E-state index contributed by atoms with van der Waals surface area (Å²) in [5, 5.41) is 8.29. The number of aromatic nitrogens is 3. The molecule has 1 aromatic carbocycles. The SMILES string of the molecule is CCOc1ccc(NC(=O)c2cc(C3CC3)nc3c2c(C)nn3[C@@H]2CCS(=O)(=O)C2)cc1. The minimum absolute atomic E-state index is 0.0618. The highest BCUT2D eigenvalue weighted by molar-refractivity contribution is 7.91. The fraction of sp³-hybridized carbons (Fsp3) is 0.435. The van der Waals surface area contributed by atoms with Gasteiger partial charge in [0.05, 0.1) is 40.8 Å². The first-order valence-corrected chi connectivity index (χ1v) is 12.8. The normalized spacial score (nSPS) is 19.9. The number of hydrogen-bond donors (Lipinski definition) is 1. The number of benzene rings is 1. The van der Waals surface area contributed by atoms with E-state index in [0.717, 1.165) is 24.3 Å². The van der Waals surface area contributed by atoms with Crippen LogP contribution in [0.4, 0.5) is 5.69 Å². The predicted octanol–water partition coefficient (Wildman–Crippen LogP) is 3.63. The largest absolute Gasteiger partial charge is 0.494 e. The lowest BCUT2D eigenvalue weighted by atomic mass is 10.1.